The summed E-state index contributed by atoms with van der Waals surface area (Å²) >= 11 is 0. The number of carbonyl (C=O) groups excluding carboxylic acids is 1. The molecule has 0 spiro atoms. The molecule has 0 saturated carbocycles. The van der Waals surface area contributed by atoms with Crippen molar-refractivity contribution in [2.24, 2.45) is 5.73 Å². The molecule has 1 aromatic carbocycles. The van der Waals surface area contributed by atoms with Crippen LogP contribution in [0.2, 0.25) is 0 Å². The van der Waals surface area contributed by atoms with Crippen LogP contribution in [-0.4, -0.2) is 25.7 Å². The highest BCUT2D eigenvalue weighted by atomic mass is 16.5. The molecule has 1 amide bonds. The molecule has 1 aromatic rings. The molecular weight excluding hydrogens is 228 g/mol. The van der Waals surface area contributed by atoms with Gasteiger partial charge < -0.3 is 15.4 Å². The summed E-state index contributed by atoms with van der Waals surface area (Å²) in [5.74, 6) is 0.146. The number of carbonyl (C=O) groups is 1. The lowest BCUT2D eigenvalue weighted by atomic mass is 9.97. The van der Waals surface area contributed by atoms with Crippen molar-refractivity contribution in [3.8, 4) is 0 Å². The first kappa shape index (κ1) is 11.7. The molecule has 3 rings (SSSR count). The van der Waals surface area contributed by atoms with Gasteiger partial charge in [0.2, 0.25) is 5.91 Å². The molecule has 2 aliphatic rings. The van der Waals surface area contributed by atoms with E-state index in [0.717, 1.165) is 36.3 Å². The van der Waals surface area contributed by atoms with Crippen LogP contribution in [0.4, 0.5) is 5.69 Å². The van der Waals surface area contributed by atoms with Gasteiger partial charge in [-0.3, -0.25) is 4.79 Å². The minimum absolute atomic E-state index is 0.0844. The molecule has 0 radical (unpaired) electrons. The summed E-state index contributed by atoms with van der Waals surface area (Å²) in [7, 11) is 1.81. The average Bonchev–Trinajstić information content (AvgIpc) is 2.98. The fraction of sp³-hybridized carbons (Fsp3) is 0.500. The Balaban J connectivity index is 1.87. The summed E-state index contributed by atoms with van der Waals surface area (Å²) in [5, 5.41) is 0. The standard InChI is InChI=1S/C14H18N2O2/c1-16-11-5-4-9(7-10(11)8-13(16)17)14(15)12-3-2-6-18-12/h4-5,7,12,14H,2-3,6,8,15H2,1H3. The zero-order valence-electron chi connectivity index (χ0n) is 10.6. The fourth-order valence-corrected chi connectivity index (χ4v) is 2.80. The predicted molar refractivity (Wildman–Crippen MR) is 69.5 cm³/mol. The highest BCUT2D eigenvalue weighted by Crippen LogP contribution is 2.32. The summed E-state index contributed by atoms with van der Waals surface area (Å²) in [6, 6.07) is 5.98. The van der Waals surface area contributed by atoms with Gasteiger partial charge in [0.1, 0.15) is 0 Å². The van der Waals surface area contributed by atoms with E-state index in [1.165, 1.54) is 0 Å². The lowest BCUT2D eigenvalue weighted by Gasteiger charge is -2.20. The molecule has 0 aliphatic carbocycles. The maximum atomic E-state index is 11.6. The van der Waals surface area contributed by atoms with Gasteiger partial charge in [0.15, 0.2) is 0 Å². The number of amides is 1. The molecule has 2 unspecified atom stereocenters. The summed E-state index contributed by atoms with van der Waals surface area (Å²) in [6.45, 7) is 0.810. The maximum Gasteiger partial charge on any atom is 0.231 e. The Morgan fingerprint density at radius 2 is 2.33 bits per heavy atom. The van der Waals surface area contributed by atoms with Crippen molar-refractivity contribution < 1.29 is 9.53 Å². The summed E-state index contributed by atoms with van der Waals surface area (Å²) in [4.78, 5) is 13.3. The lowest BCUT2D eigenvalue weighted by molar-refractivity contribution is -0.117. The van der Waals surface area contributed by atoms with E-state index in [-0.39, 0.29) is 18.1 Å². The fourth-order valence-electron chi connectivity index (χ4n) is 2.80. The van der Waals surface area contributed by atoms with Crippen LogP contribution in [0.5, 0.6) is 0 Å². The number of hydrogen-bond donors (Lipinski definition) is 1. The van der Waals surface area contributed by atoms with Crippen LogP contribution in [0.1, 0.15) is 30.0 Å². The summed E-state index contributed by atoms with van der Waals surface area (Å²) in [6.07, 6.45) is 2.72. The second-order valence-corrected chi connectivity index (χ2v) is 5.09. The van der Waals surface area contributed by atoms with Crippen molar-refractivity contribution in [3.05, 3.63) is 29.3 Å². The predicted octanol–water partition coefficient (Wildman–Crippen LogP) is 1.38. The SMILES string of the molecule is CN1C(=O)Cc2cc(C(N)C3CCCO3)ccc21. The number of likely N-dealkylation sites (N-methyl/N-ethyl adjacent to an activating group) is 1. The first-order chi connectivity index (χ1) is 8.66. The quantitative estimate of drug-likeness (QED) is 0.857. The van der Waals surface area contributed by atoms with Gasteiger partial charge >= 0.3 is 0 Å². The third-order valence-corrected chi connectivity index (χ3v) is 3.93. The number of nitrogens with two attached hydrogens (primary N) is 1. The maximum absolute atomic E-state index is 11.6. The van der Waals surface area contributed by atoms with Gasteiger partial charge in [0, 0.05) is 19.3 Å². The van der Waals surface area contributed by atoms with E-state index in [1.807, 2.05) is 19.2 Å². The van der Waals surface area contributed by atoms with Crippen molar-refractivity contribution in [3.63, 3.8) is 0 Å². The molecule has 96 valence electrons. The number of rotatable bonds is 2. The second-order valence-electron chi connectivity index (χ2n) is 5.09. The minimum atomic E-state index is -0.0844. The third-order valence-electron chi connectivity index (χ3n) is 3.93. The molecular formula is C14H18N2O2. The van der Waals surface area contributed by atoms with Crippen molar-refractivity contribution in [1.29, 1.82) is 0 Å². The van der Waals surface area contributed by atoms with Crippen LogP contribution in [0.15, 0.2) is 18.2 Å². The summed E-state index contributed by atoms with van der Waals surface area (Å²) in [5.41, 5.74) is 9.39. The van der Waals surface area contributed by atoms with E-state index in [9.17, 15) is 4.79 Å². The molecule has 2 N–H and O–H groups in total. The molecule has 4 nitrogen and oxygen atoms in total. The van der Waals surface area contributed by atoms with Crippen molar-refractivity contribution in [2.45, 2.75) is 31.4 Å². The van der Waals surface area contributed by atoms with Crippen molar-refractivity contribution in [1.82, 2.24) is 0 Å². The van der Waals surface area contributed by atoms with E-state index in [4.69, 9.17) is 10.5 Å². The molecule has 2 heterocycles. The topological polar surface area (TPSA) is 55.6 Å². The molecule has 1 saturated heterocycles. The zero-order chi connectivity index (χ0) is 12.7. The van der Waals surface area contributed by atoms with Crippen LogP contribution in [0.3, 0.4) is 0 Å². The van der Waals surface area contributed by atoms with Gasteiger partial charge in [0.25, 0.3) is 0 Å². The van der Waals surface area contributed by atoms with E-state index in [2.05, 4.69) is 6.07 Å². The van der Waals surface area contributed by atoms with Crippen LogP contribution in [0, 0.1) is 0 Å². The lowest BCUT2D eigenvalue weighted by Crippen LogP contribution is -2.25. The Kier molecular flexibility index (Phi) is 2.84. The van der Waals surface area contributed by atoms with Gasteiger partial charge in [-0.15, -0.1) is 0 Å². The number of nitrogens with zero attached hydrogens (tertiary/aromatic N) is 1. The molecule has 0 bridgehead atoms. The second kappa shape index (κ2) is 4.37. The number of anilines is 1. The zero-order valence-corrected chi connectivity index (χ0v) is 10.6. The van der Waals surface area contributed by atoms with Gasteiger partial charge in [-0.2, -0.15) is 0 Å². The Morgan fingerprint density at radius 3 is 3.06 bits per heavy atom. The Labute approximate surface area is 107 Å². The number of fused-ring (bicyclic) bond motifs is 1. The number of ether oxygens (including phenoxy) is 1. The molecule has 2 aliphatic heterocycles. The molecule has 0 aromatic heterocycles. The molecule has 18 heavy (non-hydrogen) atoms. The first-order valence-corrected chi connectivity index (χ1v) is 6.43. The van der Waals surface area contributed by atoms with Gasteiger partial charge in [-0.05, 0) is 30.0 Å². The third kappa shape index (κ3) is 1.82. The van der Waals surface area contributed by atoms with E-state index < -0.39 is 0 Å². The van der Waals surface area contributed by atoms with Gasteiger partial charge in [-0.25, -0.2) is 0 Å². The highest BCUT2D eigenvalue weighted by Gasteiger charge is 2.28. The highest BCUT2D eigenvalue weighted by molar-refractivity contribution is 6.00. The molecule has 1 fully saturated rings. The number of benzene rings is 1. The van der Waals surface area contributed by atoms with Crippen LogP contribution in [0.25, 0.3) is 0 Å². The first-order valence-electron chi connectivity index (χ1n) is 6.43. The van der Waals surface area contributed by atoms with Crippen molar-refractivity contribution >= 4 is 11.6 Å². The average molecular weight is 246 g/mol. The van der Waals surface area contributed by atoms with Crippen molar-refractivity contribution in [2.75, 3.05) is 18.6 Å². The van der Waals surface area contributed by atoms with E-state index in [0.29, 0.717) is 6.42 Å². The Hall–Kier alpha value is -1.39. The minimum Gasteiger partial charge on any atom is -0.376 e. The normalized spacial score (nSPS) is 24.4. The molecule has 2 atom stereocenters. The van der Waals surface area contributed by atoms with Crippen LogP contribution >= 0.6 is 0 Å². The van der Waals surface area contributed by atoms with Gasteiger partial charge in [-0.1, -0.05) is 12.1 Å². The van der Waals surface area contributed by atoms with E-state index >= 15 is 0 Å². The smallest absolute Gasteiger partial charge is 0.231 e. The summed E-state index contributed by atoms with van der Waals surface area (Å²) < 4.78 is 5.63. The monoisotopic (exact) mass is 246 g/mol. The Bertz CT molecular complexity index is 481. The van der Waals surface area contributed by atoms with E-state index in [1.54, 1.807) is 4.90 Å². The van der Waals surface area contributed by atoms with Gasteiger partial charge in [0.05, 0.1) is 18.6 Å². The number of hydrogen-bond acceptors (Lipinski definition) is 3. The van der Waals surface area contributed by atoms with Crippen LogP contribution in [-0.2, 0) is 16.0 Å². The van der Waals surface area contributed by atoms with Crippen LogP contribution < -0.4 is 10.6 Å². The Morgan fingerprint density at radius 1 is 1.50 bits per heavy atom. The molecule has 4 heteroatoms. The largest absolute Gasteiger partial charge is 0.376 e.